The van der Waals surface area contributed by atoms with Gasteiger partial charge in [0, 0.05) is 12.8 Å². The van der Waals surface area contributed by atoms with Crippen molar-refractivity contribution >= 4 is 22.8 Å². The zero-order valence-electron chi connectivity index (χ0n) is 23.2. The van der Waals surface area contributed by atoms with E-state index >= 15 is 0 Å². The Hall–Kier alpha value is -2.51. The van der Waals surface area contributed by atoms with E-state index < -0.39 is 23.5 Å². The van der Waals surface area contributed by atoms with Crippen LogP contribution in [0.15, 0.2) is 34.3 Å². The Balaban J connectivity index is 1.93. The van der Waals surface area contributed by atoms with Crippen LogP contribution in [-0.4, -0.2) is 39.1 Å². The van der Waals surface area contributed by atoms with Crippen molar-refractivity contribution in [1.29, 1.82) is 0 Å². The minimum Gasteiger partial charge on any atom is -0.441 e. The van der Waals surface area contributed by atoms with Crippen LogP contribution in [0.2, 0.25) is 0 Å². The molecule has 1 aromatic carbocycles. The van der Waals surface area contributed by atoms with Gasteiger partial charge in [0.15, 0.2) is 11.5 Å². The third kappa shape index (κ3) is 7.08. The van der Waals surface area contributed by atoms with Crippen LogP contribution in [0.25, 0.3) is 11.1 Å². The Bertz CT molecular complexity index is 1120. The van der Waals surface area contributed by atoms with Crippen molar-refractivity contribution in [3.8, 4) is 0 Å². The fourth-order valence-electron chi connectivity index (χ4n) is 5.34. The number of carbonyl (C=O) groups is 2. The van der Waals surface area contributed by atoms with Crippen molar-refractivity contribution in [2.45, 2.75) is 105 Å². The zero-order valence-corrected chi connectivity index (χ0v) is 23.2. The third-order valence-corrected chi connectivity index (χ3v) is 7.97. The summed E-state index contributed by atoms with van der Waals surface area (Å²) in [6.07, 6.45) is 4.51. The number of benzene rings is 1. The fraction of sp³-hybridized carbons (Fsp3) is 0.633. The summed E-state index contributed by atoms with van der Waals surface area (Å²) in [4.78, 5) is 31.2. The number of nitrogens with zero attached hydrogens (tertiary/aromatic N) is 1. The van der Waals surface area contributed by atoms with Crippen LogP contribution < -0.4 is 5.32 Å². The maximum atomic E-state index is 13.6. The van der Waals surface area contributed by atoms with Gasteiger partial charge >= 0.3 is 0 Å². The number of nitrogens with one attached hydrogen (secondary N) is 1. The minimum atomic E-state index is -1.17. The Morgan fingerprint density at radius 3 is 2.62 bits per heavy atom. The molecule has 3 rings (SSSR count). The van der Waals surface area contributed by atoms with Gasteiger partial charge in [-0.05, 0) is 62.6 Å². The van der Waals surface area contributed by atoms with Crippen LogP contribution >= 0.6 is 0 Å². The molecule has 2 aromatic rings. The number of oxazole rings is 1. The largest absolute Gasteiger partial charge is 0.441 e. The first-order valence-corrected chi connectivity index (χ1v) is 13.7. The predicted octanol–water partition coefficient (Wildman–Crippen LogP) is 5.57. The molecule has 0 fully saturated rings. The van der Waals surface area contributed by atoms with Gasteiger partial charge in [0.1, 0.15) is 11.3 Å². The lowest BCUT2D eigenvalue weighted by Gasteiger charge is -2.36. The van der Waals surface area contributed by atoms with Gasteiger partial charge in [0.2, 0.25) is 5.91 Å². The molecule has 3 N–H and O–H groups in total. The molecule has 0 bridgehead atoms. The Kier molecular flexibility index (Phi) is 9.70. The van der Waals surface area contributed by atoms with E-state index in [1.54, 1.807) is 20.8 Å². The summed E-state index contributed by atoms with van der Waals surface area (Å²) in [6, 6.07) is 5.42. The van der Waals surface area contributed by atoms with Gasteiger partial charge in [-0.3, -0.25) is 9.59 Å². The smallest absolute Gasteiger partial charge is 0.223 e. The Morgan fingerprint density at radius 1 is 1.19 bits per heavy atom. The molecule has 0 saturated carbocycles. The standard InChI is InChI=1S/C30H44N2O5/c1-7-9-22-28(35)19(3)11-8-10-18(2)12-14-23(21-13-15-25-24(16-21)31-20(4)37-25)32-27(34)17-26(33)30(5,6)29(22)36/h12-13,15-16,19,22-23,26,28,33,35H,7-11,14,17H2,1-6H3,(H,32,34)/b18-12-/t19-,22+,23-,26-,28-/m0/s1. The van der Waals surface area contributed by atoms with E-state index in [-0.39, 0.29) is 30.1 Å². The van der Waals surface area contributed by atoms with Gasteiger partial charge in [0.05, 0.1) is 30.1 Å². The number of aromatic nitrogens is 1. The second-order valence-corrected chi connectivity index (χ2v) is 11.4. The predicted molar refractivity (Wildman–Crippen MR) is 145 cm³/mol. The van der Waals surface area contributed by atoms with Crippen LogP contribution in [0.4, 0.5) is 0 Å². The average Bonchev–Trinajstić information content (AvgIpc) is 3.22. The number of allylic oxidation sites excluding steroid dienone is 1. The third-order valence-electron chi connectivity index (χ3n) is 7.97. The topological polar surface area (TPSA) is 113 Å². The molecule has 0 radical (unpaired) electrons. The van der Waals surface area contributed by atoms with E-state index in [0.29, 0.717) is 24.3 Å². The lowest BCUT2D eigenvalue weighted by molar-refractivity contribution is -0.144. The number of rotatable bonds is 3. The first-order chi connectivity index (χ1) is 17.4. The molecule has 7 heteroatoms. The zero-order chi connectivity index (χ0) is 27.3. The van der Waals surface area contributed by atoms with Crippen molar-refractivity contribution in [2.75, 3.05) is 0 Å². The number of hydrogen-bond donors (Lipinski definition) is 3. The van der Waals surface area contributed by atoms with Crippen molar-refractivity contribution < 1.29 is 24.2 Å². The van der Waals surface area contributed by atoms with Gasteiger partial charge < -0.3 is 19.9 Å². The number of carbonyl (C=O) groups excluding carboxylic acids is 2. The van der Waals surface area contributed by atoms with Crippen LogP contribution in [0.3, 0.4) is 0 Å². The number of fused-ring (bicyclic) bond motifs is 1. The lowest BCUT2D eigenvalue weighted by Crippen LogP contribution is -2.47. The highest BCUT2D eigenvalue weighted by atomic mass is 16.3. The highest BCUT2D eigenvalue weighted by Crippen LogP contribution is 2.34. The van der Waals surface area contributed by atoms with E-state index in [9.17, 15) is 19.8 Å². The molecule has 5 atom stereocenters. The quantitative estimate of drug-likeness (QED) is 0.463. The van der Waals surface area contributed by atoms with E-state index in [1.165, 1.54) is 5.57 Å². The molecule has 1 aliphatic heterocycles. The summed E-state index contributed by atoms with van der Waals surface area (Å²) in [5.41, 5.74) is 2.38. The molecule has 1 aliphatic rings. The minimum absolute atomic E-state index is 0.0390. The van der Waals surface area contributed by atoms with Crippen LogP contribution in [-0.2, 0) is 9.59 Å². The van der Waals surface area contributed by atoms with Gasteiger partial charge in [-0.2, -0.15) is 0 Å². The number of Topliss-reactive ketones (excluding diaryl/α,β-unsaturated/α-hetero) is 1. The molecule has 1 aromatic heterocycles. The van der Waals surface area contributed by atoms with Crippen molar-refractivity contribution in [2.24, 2.45) is 17.3 Å². The first kappa shape index (κ1) is 29.1. The normalized spacial score (nSPS) is 30.1. The first-order valence-electron chi connectivity index (χ1n) is 13.7. The molecular weight excluding hydrogens is 468 g/mol. The highest BCUT2D eigenvalue weighted by Gasteiger charge is 2.43. The molecule has 0 aliphatic carbocycles. The summed E-state index contributed by atoms with van der Waals surface area (Å²) in [7, 11) is 0. The Morgan fingerprint density at radius 2 is 1.92 bits per heavy atom. The highest BCUT2D eigenvalue weighted by molar-refractivity contribution is 5.88. The van der Waals surface area contributed by atoms with E-state index in [2.05, 4.69) is 23.3 Å². The molecule has 204 valence electrons. The van der Waals surface area contributed by atoms with Crippen molar-refractivity contribution in [3.63, 3.8) is 0 Å². The van der Waals surface area contributed by atoms with E-state index in [0.717, 1.165) is 36.8 Å². The SMILES string of the molecule is CCC[C@H]1C(=O)C(C)(C)[C@@H](O)CC(=O)N[C@H](c2ccc3oc(C)nc3c2)C/C=C(/C)CCC[C@H](C)[C@@H]1O. The van der Waals surface area contributed by atoms with Gasteiger partial charge in [-0.1, -0.05) is 51.8 Å². The van der Waals surface area contributed by atoms with E-state index in [4.69, 9.17) is 4.42 Å². The average molecular weight is 513 g/mol. The molecule has 0 spiro atoms. The summed E-state index contributed by atoms with van der Waals surface area (Å²) in [5, 5.41) is 25.3. The number of ketones is 1. The number of aliphatic hydroxyl groups is 2. The number of amides is 1. The van der Waals surface area contributed by atoms with Crippen LogP contribution in [0.5, 0.6) is 0 Å². The second-order valence-electron chi connectivity index (χ2n) is 11.4. The molecule has 2 heterocycles. The molecule has 0 saturated heterocycles. The second kappa shape index (κ2) is 12.4. The van der Waals surface area contributed by atoms with Crippen LogP contribution in [0.1, 0.15) is 97.1 Å². The molecule has 1 amide bonds. The van der Waals surface area contributed by atoms with Gasteiger partial charge in [-0.15, -0.1) is 0 Å². The van der Waals surface area contributed by atoms with E-state index in [1.807, 2.05) is 32.0 Å². The lowest BCUT2D eigenvalue weighted by atomic mass is 9.71. The summed E-state index contributed by atoms with van der Waals surface area (Å²) >= 11 is 0. The van der Waals surface area contributed by atoms with Gasteiger partial charge in [0.25, 0.3) is 0 Å². The molecular formula is C30H44N2O5. The number of hydrogen-bond acceptors (Lipinski definition) is 6. The maximum Gasteiger partial charge on any atom is 0.223 e. The van der Waals surface area contributed by atoms with Gasteiger partial charge in [-0.25, -0.2) is 4.98 Å². The molecule has 37 heavy (non-hydrogen) atoms. The van der Waals surface area contributed by atoms with Crippen LogP contribution in [0, 0.1) is 24.2 Å². The summed E-state index contributed by atoms with van der Waals surface area (Å²) < 4.78 is 5.60. The van der Waals surface area contributed by atoms with Crippen molar-refractivity contribution in [1.82, 2.24) is 10.3 Å². The fourth-order valence-corrected chi connectivity index (χ4v) is 5.34. The monoisotopic (exact) mass is 512 g/mol. The summed E-state index contributed by atoms with van der Waals surface area (Å²) in [5.74, 6) is -0.527. The number of aliphatic hydroxyl groups excluding tert-OH is 2. The van der Waals surface area contributed by atoms with Crippen molar-refractivity contribution in [3.05, 3.63) is 41.3 Å². The number of aryl methyl sites for hydroxylation is 1. The maximum absolute atomic E-state index is 13.6. The Labute approximate surface area is 220 Å². The molecule has 0 unspecified atom stereocenters. The summed E-state index contributed by atoms with van der Waals surface area (Å²) in [6.45, 7) is 11.2. The molecule has 7 nitrogen and oxygen atoms in total.